The molecule has 1 fully saturated rings. The fraction of sp³-hybridized carbons (Fsp3) is 0.677. The molecular weight excluding hydrogens is 386 g/mol. The molecule has 1 nitrogen and oxygen atoms in total. The van der Waals surface area contributed by atoms with Gasteiger partial charge in [-0.25, -0.2) is 0 Å². The second-order valence-electron chi connectivity index (χ2n) is 7.72. The summed E-state index contributed by atoms with van der Waals surface area (Å²) in [5.74, 6) is 1.76. The highest BCUT2D eigenvalue weighted by Gasteiger charge is 2.15. The van der Waals surface area contributed by atoms with Crippen molar-refractivity contribution in [3.63, 3.8) is 0 Å². The van der Waals surface area contributed by atoms with Crippen molar-refractivity contribution >= 4 is 0 Å². The zero-order valence-electron chi connectivity index (χ0n) is 23.7. The molecule has 0 atom stereocenters. The lowest BCUT2D eigenvalue weighted by Crippen LogP contribution is -2.04. The molecule has 0 saturated heterocycles. The number of hydrogen-bond acceptors (Lipinski definition) is 1. The average molecular weight is 448 g/mol. The van der Waals surface area contributed by atoms with Gasteiger partial charge in [-0.3, -0.25) is 0 Å². The maximum atomic E-state index is 4.50. The molecular formula is C31H61N. The zero-order chi connectivity index (χ0) is 25.8. The summed E-state index contributed by atoms with van der Waals surface area (Å²) in [5, 5.41) is 0. The van der Waals surface area contributed by atoms with Gasteiger partial charge in [0.2, 0.25) is 0 Å². The molecule has 2 N–H and O–H groups in total. The molecule has 0 unspecified atom stereocenters. The van der Waals surface area contributed by atoms with E-state index in [2.05, 4.69) is 77.4 Å². The second kappa shape index (κ2) is 31.8. The highest BCUT2D eigenvalue weighted by Crippen LogP contribution is 2.33. The Kier molecular flexibility index (Phi) is 37.8. The summed E-state index contributed by atoms with van der Waals surface area (Å²) in [6.45, 7) is 26.7. The number of rotatable bonds is 7. The van der Waals surface area contributed by atoms with Crippen molar-refractivity contribution in [2.24, 2.45) is 11.7 Å². The Morgan fingerprint density at radius 2 is 1.25 bits per heavy atom. The lowest BCUT2D eigenvalue weighted by Gasteiger charge is -2.22. The van der Waals surface area contributed by atoms with Crippen LogP contribution in [-0.2, 0) is 0 Å². The summed E-state index contributed by atoms with van der Waals surface area (Å²) >= 11 is 0. The smallest absolute Gasteiger partial charge is 0.0162 e. The molecule has 1 aromatic rings. The molecule has 0 bridgehead atoms. The van der Waals surface area contributed by atoms with Gasteiger partial charge in [-0.15, -0.1) is 19.7 Å². The van der Waals surface area contributed by atoms with Crippen molar-refractivity contribution < 1.29 is 0 Å². The molecule has 2 rings (SSSR count). The highest BCUT2D eigenvalue weighted by atomic mass is 14.4. The first-order valence-electron chi connectivity index (χ1n) is 13.4. The van der Waals surface area contributed by atoms with Gasteiger partial charge in [0.1, 0.15) is 0 Å². The monoisotopic (exact) mass is 447 g/mol. The summed E-state index contributed by atoms with van der Waals surface area (Å²) < 4.78 is 0. The Bertz CT molecular complexity index is 445. The van der Waals surface area contributed by atoms with Gasteiger partial charge in [-0.1, -0.05) is 122 Å². The topological polar surface area (TPSA) is 26.0 Å². The minimum Gasteiger partial charge on any atom is -0.333 e. The van der Waals surface area contributed by atoms with Crippen LogP contribution in [0.1, 0.15) is 128 Å². The van der Waals surface area contributed by atoms with E-state index < -0.39 is 0 Å². The summed E-state index contributed by atoms with van der Waals surface area (Å²) in [6.07, 6.45) is 15.8. The summed E-state index contributed by atoms with van der Waals surface area (Å²) in [7, 11) is 1.50. The lowest BCUT2D eigenvalue weighted by molar-refractivity contribution is 0.443. The van der Waals surface area contributed by atoms with Crippen molar-refractivity contribution in [2.45, 2.75) is 126 Å². The van der Waals surface area contributed by atoms with Gasteiger partial charge in [0.05, 0.1) is 0 Å². The van der Waals surface area contributed by atoms with Gasteiger partial charge in [0.25, 0.3) is 0 Å². The minimum atomic E-state index is 0.849. The highest BCUT2D eigenvalue weighted by molar-refractivity contribution is 5.31. The molecule has 0 heterocycles. The van der Waals surface area contributed by atoms with Crippen molar-refractivity contribution in [1.29, 1.82) is 0 Å². The minimum absolute atomic E-state index is 0.849. The van der Waals surface area contributed by atoms with Crippen LogP contribution in [0.4, 0.5) is 0 Å². The Morgan fingerprint density at radius 3 is 1.59 bits per heavy atom. The summed E-state index contributed by atoms with van der Waals surface area (Å²) in [6, 6.07) is 7.03. The third-order valence-electron chi connectivity index (χ3n) is 5.21. The van der Waals surface area contributed by atoms with Crippen LogP contribution in [0.25, 0.3) is 0 Å². The second-order valence-corrected chi connectivity index (χ2v) is 7.72. The predicted octanol–water partition coefficient (Wildman–Crippen LogP) is 10.6. The molecule has 1 aromatic carbocycles. The largest absolute Gasteiger partial charge is 0.333 e. The van der Waals surface area contributed by atoms with Crippen LogP contribution >= 0.6 is 0 Å². The third kappa shape index (κ3) is 21.9. The van der Waals surface area contributed by atoms with E-state index in [0.717, 1.165) is 11.8 Å². The Hall–Kier alpha value is -1.34. The molecule has 0 aliphatic heterocycles. The van der Waals surface area contributed by atoms with Crippen LogP contribution in [0.2, 0.25) is 0 Å². The molecule has 1 heteroatoms. The average Bonchev–Trinajstić information content (AvgIpc) is 2.85. The molecule has 0 aromatic heterocycles. The van der Waals surface area contributed by atoms with Crippen LogP contribution < -0.4 is 5.73 Å². The van der Waals surface area contributed by atoms with Crippen molar-refractivity contribution in [3.05, 3.63) is 60.7 Å². The fourth-order valence-electron chi connectivity index (χ4n) is 4.11. The third-order valence-corrected chi connectivity index (χ3v) is 5.21. The lowest BCUT2D eigenvalue weighted by atomic mass is 9.83. The quantitative estimate of drug-likeness (QED) is 0.413. The Morgan fingerprint density at radius 1 is 0.844 bits per heavy atom. The van der Waals surface area contributed by atoms with E-state index in [4.69, 9.17) is 0 Å². The summed E-state index contributed by atoms with van der Waals surface area (Å²) in [5.41, 5.74) is 8.93. The number of hydrogen-bond donors (Lipinski definition) is 1. The van der Waals surface area contributed by atoms with Crippen LogP contribution in [-0.4, -0.2) is 7.05 Å². The Labute approximate surface area is 205 Å². The van der Waals surface area contributed by atoms with E-state index in [1.807, 2.05) is 27.7 Å². The predicted molar refractivity (Wildman–Crippen MR) is 154 cm³/mol. The first-order valence-corrected chi connectivity index (χ1v) is 13.4. The van der Waals surface area contributed by atoms with Crippen LogP contribution in [0.15, 0.2) is 44.0 Å². The molecule has 0 amide bonds. The van der Waals surface area contributed by atoms with E-state index in [-0.39, 0.29) is 0 Å². The SMILES string of the molecule is C=C.C=CCC(CCC)CCC.CC.CC.CN.Cc1cc(C)cc(C2CCCCC2)c1. The molecule has 0 spiro atoms. The number of allylic oxidation sites excluding steroid dienone is 1. The van der Waals surface area contributed by atoms with Gasteiger partial charge in [0.15, 0.2) is 0 Å². The molecule has 1 aliphatic carbocycles. The van der Waals surface area contributed by atoms with Crippen molar-refractivity contribution in [1.82, 2.24) is 0 Å². The van der Waals surface area contributed by atoms with Gasteiger partial charge in [-0.2, -0.15) is 0 Å². The number of aryl methyl sites for hydroxylation is 2. The maximum Gasteiger partial charge on any atom is -0.0162 e. The van der Waals surface area contributed by atoms with E-state index in [9.17, 15) is 0 Å². The van der Waals surface area contributed by atoms with Crippen LogP contribution in [0.5, 0.6) is 0 Å². The molecule has 190 valence electrons. The van der Waals surface area contributed by atoms with Crippen LogP contribution in [0, 0.1) is 19.8 Å². The standard InChI is InChI=1S/C14H20.C10H20.2C2H6.C2H4.CH5N/c1-11-8-12(2)10-14(9-11)13-6-4-3-5-7-13;1-4-7-10(8-5-2)9-6-3;4*1-2/h8-10,13H,3-7H2,1-2H3;4,10H,1,5-9H2,2-3H3;2*1-2H3;1-2H2;2H2,1H3. The fourth-order valence-corrected chi connectivity index (χ4v) is 4.11. The zero-order valence-corrected chi connectivity index (χ0v) is 23.7. The van der Waals surface area contributed by atoms with Crippen molar-refractivity contribution in [2.75, 3.05) is 7.05 Å². The molecule has 0 radical (unpaired) electrons. The number of nitrogens with two attached hydrogens (primary N) is 1. The number of benzene rings is 1. The maximum absolute atomic E-state index is 4.50. The first-order chi connectivity index (χ1) is 15.6. The van der Waals surface area contributed by atoms with E-state index in [1.165, 1.54) is 82.4 Å². The van der Waals surface area contributed by atoms with Gasteiger partial charge >= 0.3 is 0 Å². The molecule has 1 saturated carbocycles. The van der Waals surface area contributed by atoms with Gasteiger partial charge in [-0.05, 0) is 57.6 Å². The van der Waals surface area contributed by atoms with E-state index in [1.54, 1.807) is 5.56 Å². The van der Waals surface area contributed by atoms with E-state index in [0.29, 0.717) is 0 Å². The summed E-state index contributed by atoms with van der Waals surface area (Å²) in [4.78, 5) is 0. The van der Waals surface area contributed by atoms with Crippen LogP contribution in [0.3, 0.4) is 0 Å². The van der Waals surface area contributed by atoms with Gasteiger partial charge in [0, 0.05) is 0 Å². The molecule has 1 aliphatic rings. The Balaban J connectivity index is -0.000000193. The van der Waals surface area contributed by atoms with Crippen molar-refractivity contribution in [3.8, 4) is 0 Å². The molecule has 32 heavy (non-hydrogen) atoms. The normalized spacial score (nSPS) is 12.0. The van der Waals surface area contributed by atoms with Gasteiger partial charge < -0.3 is 5.73 Å². The first kappa shape index (κ1) is 37.9. The van der Waals surface area contributed by atoms with E-state index >= 15 is 0 Å².